The Kier molecular flexibility index (Phi) is 6.06. The lowest BCUT2D eigenvalue weighted by molar-refractivity contribution is 0.0934. The molecule has 3 aromatic rings. The molecule has 2 aromatic carbocycles. The van der Waals surface area contributed by atoms with Gasteiger partial charge in [-0.05, 0) is 24.6 Å². The molecule has 7 nitrogen and oxygen atoms in total. The molecule has 0 aliphatic rings. The molecule has 1 amide bonds. The van der Waals surface area contributed by atoms with E-state index in [1.165, 1.54) is 12.4 Å². The third kappa shape index (κ3) is 4.56. The summed E-state index contributed by atoms with van der Waals surface area (Å²) in [5.41, 5.74) is 1.98. The minimum Gasteiger partial charge on any atom is -0.497 e. The number of ether oxygens (including phenoxy) is 2. The summed E-state index contributed by atoms with van der Waals surface area (Å²) in [5, 5.41) is 6.04. The Morgan fingerprint density at radius 3 is 2.43 bits per heavy atom. The number of aromatic nitrogens is 2. The van der Waals surface area contributed by atoms with Crippen molar-refractivity contribution in [1.29, 1.82) is 0 Å². The van der Waals surface area contributed by atoms with Crippen molar-refractivity contribution in [3.05, 3.63) is 72.2 Å². The van der Waals surface area contributed by atoms with Gasteiger partial charge in [0.05, 0.1) is 38.3 Å². The zero-order valence-corrected chi connectivity index (χ0v) is 16.0. The first-order valence-corrected chi connectivity index (χ1v) is 8.77. The predicted octanol–water partition coefficient (Wildman–Crippen LogP) is 3.73. The average Bonchev–Trinajstić information content (AvgIpc) is 2.75. The van der Waals surface area contributed by atoms with Gasteiger partial charge in [0.2, 0.25) is 0 Å². The van der Waals surface area contributed by atoms with E-state index < -0.39 is 0 Å². The predicted molar refractivity (Wildman–Crippen MR) is 107 cm³/mol. The van der Waals surface area contributed by atoms with Gasteiger partial charge in [-0.25, -0.2) is 9.97 Å². The maximum Gasteiger partial charge on any atom is 0.271 e. The fourth-order valence-electron chi connectivity index (χ4n) is 2.65. The van der Waals surface area contributed by atoms with Crippen LogP contribution in [0.3, 0.4) is 0 Å². The molecule has 28 heavy (non-hydrogen) atoms. The molecule has 1 unspecified atom stereocenters. The number of nitrogens with zero attached hydrogens (tertiary/aromatic N) is 2. The Bertz CT molecular complexity index is 930. The molecule has 0 fully saturated rings. The Morgan fingerprint density at radius 2 is 1.79 bits per heavy atom. The van der Waals surface area contributed by atoms with Crippen LogP contribution in [0.2, 0.25) is 0 Å². The Balaban J connectivity index is 1.67. The van der Waals surface area contributed by atoms with Gasteiger partial charge in [0.25, 0.3) is 5.91 Å². The van der Waals surface area contributed by atoms with Gasteiger partial charge in [-0.3, -0.25) is 4.79 Å². The number of methoxy groups -OCH3 is 2. The summed E-state index contributed by atoms with van der Waals surface area (Å²) in [6.07, 6.45) is 2.94. The number of anilines is 2. The van der Waals surface area contributed by atoms with Crippen LogP contribution < -0.4 is 20.1 Å². The SMILES string of the molecule is COc1ccc(Nc2cnc(C(=O)NC(C)c3ccccc3)cn2)c(OC)c1. The van der Waals surface area contributed by atoms with Crippen LogP contribution in [0, 0.1) is 0 Å². The molecule has 3 rings (SSSR count). The quantitative estimate of drug-likeness (QED) is 0.652. The summed E-state index contributed by atoms with van der Waals surface area (Å²) >= 11 is 0. The number of carbonyl (C=O) groups excluding carboxylic acids is 1. The second-order valence-corrected chi connectivity index (χ2v) is 6.08. The van der Waals surface area contributed by atoms with Crippen LogP contribution in [0.25, 0.3) is 0 Å². The average molecular weight is 378 g/mol. The lowest BCUT2D eigenvalue weighted by Gasteiger charge is -2.14. The summed E-state index contributed by atoms with van der Waals surface area (Å²) < 4.78 is 10.5. The Hall–Kier alpha value is -3.61. The fourth-order valence-corrected chi connectivity index (χ4v) is 2.65. The highest BCUT2D eigenvalue weighted by molar-refractivity contribution is 5.92. The smallest absolute Gasteiger partial charge is 0.271 e. The molecule has 0 radical (unpaired) electrons. The molecular formula is C21H22N4O3. The largest absolute Gasteiger partial charge is 0.497 e. The van der Waals surface area contributed by atoms with Gasteiger partial charge in [0, 0.05) is 6.07 Å². The highest BCUT2D eigenvalue weighted by Crippen LogP contribution is 2.30. The fraction of sp³-hybridized carbons (Fsp3) is 0.190. The van der Waals surface area contributed by atoms with Gasteiger partial charge in [0.1, 0.15) is 23.0 Å². The molecule has 0 saturated carbocycles. The summed E-state index contributed by atoms with van der Waals surface area (Å²) in [7, 11) is 3.17. The number of hydrogen-bond donors (Lipinski definition) is 2. The first kappa shape index (κ1) is 19.2. The molecule has 2 N–H and O–H groups in total. The minimum absolute atomic E-state index is 0.128. The second-order valence-electron chi connectivity index (χ2n) is 6.08. The van der Waals surface area contributed by atoms with Crippen molar-refractivity contribution in [2.24, 2.45) is 0 Å². The van der Waals surface area contributed by atoms with E-state index in [1.54, 1.807) is 20.3 Å². The van der Waals surface area contributed by atoms with Crippen molar-refractivity contribution in [3.8, 4) is 11.5 Å². The molecule has 0 saturated heterocycles. The highest BCUT2D eigenvalue weighted by Gasteiger charge is 2.13. The number of carbonyl (C=O) groups is 1. The summed E-state index contributed by atoms with van der Waals surface area (Å²) in [6.45, 7) is 1.92. The number of hydrogen-bond acceptors (Lipinski definition) is 6. The van der Waals surface area contributed by atoms with Gasteiger partial charge in [-0.15, -0.1) is 0 Å². The maximum atomic E-state index is 12.4. The molecule has 0 bridgehead atoms. The van der Waals surface area contributed by atoms with E-state index in [4.69, 9.17) is 9.47 Å². The van der Waals surface area contributed by atoms with Gasteiger partial charge >= 0.3 is 0 Å². The molecule has 1 heterocycles. The van der Waals surface area contributed by atoms with Crippen LogP contribution in [0.4, 0.5) is 11.5 Å². The second kappa shape index (κ2) is 8.85. The lowest BCUT2D eigenvalue weighted by atomic mass is 10.1. The highest BCUT2D eigenvalue weighted by atomic mass is 16.5. The number of amides is 1. The van der Waals surface area contributed by atoms with E-state index in [-0.39, 0.29) is 17.6 Å². The summed E-state index contributed by atoms with van der Waals surface area (Å²) in [5.74, 6) is 1.52. The van der Waals surface area contributed by atoms with Gasteiger partial charge in [-0.1, -0.05) is 30.3 Å². The molecule has 7 heteroatoms. The van der Waals surface area contributed by atoms with Gasteiger partial charge < -0.3 is 20.1 Å². The van der Waals surface area contributed by atoms with E-state index in [9.17, 15) is 4.79 Å². The number of benzene rings is 2. The van der Waals surface area contributed by atoms with Crippen LogP contribution in [0.15, 0.2) is 60.9 Å². The van der Waals surface area contributed by atoms with Crippen molar-refractivity contribution in [2.45, 2.75) is 13.0 Å². The third-order valence-electron chi connectivity index (χ3n) is 4.20. The normalized spacial score (nSPS) is 11.4. The number of rotatable bonds is 7. The Labute approximate surface area is 163 Å². The van der Waals surface area contributed by atoms with E-state index in [1.807, 2.05) is 49.4 Å². The van der Waals surface area contributed by atoms with Crippen molar-refractivity contribution >= 4 is 17.4 Å². The van der Waals surface area contributed by atoms with Crippen molar-refractivity contribution in [3.63, 3.8) is 0 Å². The lowest BCUT2D eigenvalue weighted by Crippen LogP contribution is -2.27. The van der Waals surface area contributed by atoms with Crippen LogP contribution in [-0.4, -0.2) is 30.1 Å². The third-order valence-corrected chi connectivity index (χ3v) is 4.20. The monoisotopic (exact) mass is 378 g/mol. The standard InChI is InChI=1S/C21H22N4O3/c1-14(15-7-5-4-6-8-15)24-21(26)18-12-23-20(13-22-18)25-17-10-9-16(27-2)11-19(17)28-3/h4-14H,1-3H3,(H,23,25)(H,24,26). The molecule has 0 aliphatic carbocycles. The zero-order chi connectivity index (χ0) is 19.9. The summed E-state index contributed by atoms with van der Waals surface area (Å²) in [6, 6.07) is 15.0. The molecule has 0 spiro atoms. The van der Waals surface area contributed by atoms with Crippen molar-refractivity contribution in [1.82, 2.24) is 15.3 Å². The number of nitrogens with one attached hydrogen (secondary N) is 2. The van der Waals surface area contributed by atoms with Crippen LogP contribution in [0.5, 0.6) is 11.5 Å². The van der Waals surface area contributed by atoms with Crippen molar-refractivity contribution < 1.29 is 14.3 Å². The van der Waals surface area contributed by atoms with Crippen LogP contribution in [-0.2, 0) is 0 Å². The first-order chi connectivity index (χ1) is 13.6. The van der Waals surface area contributed by atoms with E-state index in [0.717, 1.165) is 5.56 Å². The first-order valence-electron chi connectivity index (χ1n) is 8.77. The molecule has 144 valence electrons. The molecule has 0 aliphatic heterocycles. The van der Waals surface area contributed by atoms with Crippen molar-refractivity contribution in [2.75, 3.05) is 19.5 Å². The van der Waals surface area contributed by atoms with Gasteiger partial charge in [-0.2, -0.15) is 0 Å². The van der Waals surface area contributed by atoms with E-state index in [2.05, 4.69) is 20.6 Å². The Morgan fingerprint density at radius 1 is 1.00 bits per heavy atom. The molecule has 1 atom stereocenters. The molecule has 1 aromatic heterocycles. The van der Waals surface area contributed by atoms with E-state index in [0.29, 0.717) is 23.0 Å². The van der Waals surface area contributed by atoms with Crippen LogP contribution in [0.1, 0.15) is 29.0 Å². The van der Waals surface area contributed by atoms with Gasteiger partial charge in [0.15, 0.2) is 0 Å². The maximum absolute atomic E-state index is 12.4. The van der Waals surface area contributed by atoms with E-state index >= 15 is 0 Å². The topological polar surface area (TPSA) is 85.4 Å². The molecular weight excluding hydrogens is 356 g/mol. The summed E-state index contributed by atoms with van der Waals surface area (Å²) in [4.78, 5) is 20.9. The van der Waals surface area contributed by atoms with Crippen LogP contribution >= 0.6 is 0 Å². The zero-order valence-electron chi connectivity index (χ0n) is 16.0. The minimum atomic E-state index is -0.280.